The van der Waals surface area contributed by atoms with Gasteiger partial charge in [0.2, 0.25) is 5.56 Å². The van der Waals surface area contributed by atoms with Crippen molar-refractivity contribution in [2.75, 3.05) is 5.32 Å². The van der Waals surface area contributed by atoms with Gasteiger partial charge in [0.1, 0.15) is 0 Å². The Hall–Kier alpha value is -2.95. The molecule has 0 unspecified atom stereocenters. The third-order valence-electron chi connectivity index (χ3n) is 3.54. The Kier molecular flexibility index (Phi) is 3.47. The Bertz CT molecular complexity index is 914. The van der Waals surface area contributed by atoms with Crippen LogP contribution in [0.25, 0.3) is 10.9 Å². The molecule has 0 bridgehead atoms. The van der Waals surface area contributed by atoms with Crippen LogP contribution in [-0.2, 0) is 0 Å². The zero-order valence-electron chi connectivity index (χ0n) is 12.3. The van der Waals surface area contributed by atoms with Gasteiger partial charge in [-0.15, -0.1) is 0 Å². The summed E-state index contributed by atoms with van der Waals surface area (Å²) in [5.74, 6) is -0.214. The number of carbonyl (C=O) groups is 1. The van der Waals surface area contributed by atoms with Crippen LogP contribution < -0.4 is 10.9 Å². The van der Waals surface area contributed by atoms with Gasteiger partial charge in [0, 0.05) is 29.5 Å². The lowest BCUT2D eigenvalue weighted by Gasteiger charge is -2.10. The van der Waals surface area contributed by atoms with Crippen LogP contribution in [0.1, 0.15) is 21.5 Å². The molecule has 0 spiro atoms. The minimum absolute atomic E-state index is 0.125. The number of amides is 1. The van der Waals surface area contributed by atoms with Gasteiger partial charge in [-0.3, -0.25) is 14.6 Å². The van der Waals surface area contributed by atoms with E-state index in [1.54, 1.807) is 24.4 Å². The van der Waals surface area contributed by atoms with Crippen molar-refractivity contribution >= 4 is 22.5 Å². The maximum atomic E-state index is 12.2. The van der Waals surface area contributed by atoms with Crippen molar-refractivity contribution in [1.82, 2.24) is 9.97 Å². The van der Waals surface area contributed by atoms with Crippen LogP contribution in [0, 0.1) is 13.8 Å². The lowest BCUT2D eigenvalue weighted by Crippen LogP contribution is -2.13. The summed E-state index contributed by atoms with van der Waals surface area (Å²) in [7, 11) is 0. The van der Waals surface area contributed by atoms with Gasteiger partial charge in [-0.2, -0.15) is 0 Å². The molecule has 0 aliphatic heterocycles. The van der Waals surface area contributed by atoms with E-state index in [1.807, 2.05) is 26.0 Å². The summed E-state index contributed by atoms with van der Waals surface area (Å²) < 4.78 is 0. The number of aromatic amines is 1. The second-order valence-electron chi connectivity index (χ2n) is 5.23. The monoisotopic (exact) mass is 293 g/mol. The summed E-state index contributed by atoms with van der Waals surface area (Å²) in [4.78, 5) is 30.5. The summed E-state index contributed by atoms with van der Waals surface area (Å²) >= 11 is 0. The molecular formula is C17H15N3O2. The number of pyridine rings is 2. The van der Waals surface area contributed by atoms with E-state index in [1.165, 1.54) is 6.20 Å². The van der Waals surface area contributed by atoms with Crippen molar-refractivity contribution in [1.29, 1.82) is 0 Å². The zero-order chi connectivity index (χ0) is 15.7. The fourth-order valence-corrected chi connectivity index (χ4v) is 2.47. The topological polar surface area (TPSA) is 74.8 Å². The van der Waals surface area contributed by atoms with E-state index in [0.717, 1.165) is 22.0 Å². The molecule has 3 aromatic rings. The number of carbonyl (C=O) groups excluding carboxylic acids is 1. The lowest BCUT2D eigenvalue weighted by atomic mass is 10.1. The molecule has 0 aliphatic rings. The molecule has 2 N–H and O–H groups in total. The SMILES string of the molecule is Cc1cc(=O)[nH]c2c(C)cc(NC(=O)c3cccnc3)cc12. The van der Waals surface area contributed by atoms with Crippen molar-refractivity contribution in [3.63, 3.8) is 0 Å². The van der Waals surface area contributed by atoms with E-state index >= 15 is 0 Å². The Balaban J connectivity index is 2.02. The molecule has 2 aromatic heterocycles. The minimum Gasteiger partial charge on any atom is -0.322 e. The van der Waals surface area contributed by atoms with Crippen LogP contribution in [0.5, 0.6) is 0 Å². The molecule has 2 heterocycles. The zero-order valence-corrected chi connectivity index (χ0v) is 12.3. The van der Waals surface area contributed by atoms with Gasteiger partial charge in [-0.25, -0.2) is 0 Å². The molecule has 1 amide bonds. The molecule has 0 radical (unpaired) electrons. The molecular weight excluding hydrogens is 278 g/mol. The first-order chi connectivity index (χ1) is 10.5. The fourth-order valence-electron chi connectivity index (χ4n) is 2.47. The molecule has 0 atom stereocenters. The second kappa shape index (κ2) is 5.44. The smallest absolute Gasteiger partial charge is 0.257 e. The Morgan fingerprint density at radius 2 is 2.00 bits per heavy atom. The summed E-state index contributed by atoms with van der Waals surface area (Å²) in [6, 6.07) is 8.68. The van der Waals surface area contributed by atoms with E-state index in [-0.39, 0.29) is 11.5 Å². The molecule has 110 valence electrons. The van der Waals surface area contributed by atoms with Gasteiger partial charge in [0.15, 0.2) is 0 Å². The normalized spacial score (nSPS) is 10.6. The highest BCUT2D eigenvalue weighted by molar-refractivity contribution is 6.05. The van der Waals surface area contributed by atoms with Crippen LogP contribution in [0.3, 0.4) is 0 Å². The van der Waals surface area contributed by atoms with Gasteiger partial charge in [-0.1, -0.05) is 0 Å². The van der Waals surface area contributed by atoms with Gasteiger partial charge >= 0.3 is 0 Å². The number of hydrogen-bond acceptors (Lipinski definition) is 3. The minimum atomic E-state index is -0.214. The maximum absolute atomic E-state index is 12.2. The third-order valence-corrected chi connectivity index (χ3v) is 3.54. The largest absolute Gasteiger partial charge is 0.322 e. The number of nitrogens with one attached hydrogen (secondary N) is 2. The van der Waals surface area contributed by atoms with Crippen molar-refractivity contribution in [2.24, 2.45) is 0 Å². The lowest BCUT2D eigenvalue weighted by molar-refractivity contribution is 0.102. The highest BCUT2D eigenvalue weighted by Crippen LogP contribution is 2.23. The van der Waals surface area contributed by atoms with E-state index in [9.17, 15) is 9.59 Å². The predicted octanol–water partition coefficient (Wildman–Crippen LogP) is 2.79. The van der Waals surface area contributed by atoms with Crippen LogP contribution in [0.4, 0.5) is 5.69 Å². The molecule has 22 heavy (non-hydrogen) atoms. The van der Waals surface area contributed by atoms with Crippen LogP contribution >= 0.6 is 0 Å². The highest BCUT2D eigenvalue weighted by Gasteiger charge is 2.09. The van der Waals surface area contributed by atoms with Crippen LogP contribution in [0.15, 0.2) is 47.5 Å². The van der Waals surface area contributed by atoms with E-state index in [0.29, 0.717) is 11.3 Å². The van der Waals surface area contributed by atoms with Gasteiger partial charge in [0.05, 0.1) is 11.1 Å². The number of hydrogen-bond donors (Lipinski definition) is 2. The van der Waals surface area contributed by atoms with Crippen molar-refractivity contribution in [3.8, 4) is 0 Å². The number of rotatable bonds is 2. The van der Waals surface area contributed by atoms with Crippen molar-refractivity contribution < 1.29 is 4.79 Å². The van der Waals surface area contributed by atoms with Crippen LogP contribution in [-0.4, -0.2) is 15.9 Å². The summed E-state index contributed by atoms with van der Waals surface area (Å²) in [5.41, 5.74) is 3.64. The van der Waals surface area contributed by atoms with Gasteiger partial charge < -0.3 is 10.3 Å². The highest BCUT2D eigenvalue weighted by atomic mass is 16.1. The molecule has 5 nitrogen and oxygen atoms in total. The molecule has 0 fully saturated rings. The number of nitrogens with zero attached hydrogens (tertiary/aromatic N) is 1. The van der Waals surface area contributed by atoms with E-state index in [2.05, 4.69) is 15.3 Å². The van der Waals surface area contributed by atoms with Gasteiger partial charge in [0.25, 0.3) is 5.91 Å². The molecule has 0 saturated heterocycles. The van der Waals surface area contributed by atoms with Gasteiger partial charge in [-0.05, 0) is 49.2 Å². The number of benzene rings is 1. The summed E-state index contributed by atoms with van der Waals surface area (Å²) in [5, 5.41) is 3.78. The Labute approximate surface area is 127 Å². The van der Waals surface area contributed by atoms with E-state index in [4.69, 9.17) is 0 Å². The average Bonchev–Trinajstić information content (AvgIpc) is 2.49. The first-order valence-corrected chi connectivity index (χ1v) is 6.90. The van der Waals surface area contributed by atoms with Crippen molar-refractivity contribution in [3.05, 3.63) is 69.8 Å². The third kappa shape index (κ3) is 2.61. The Morgan fingerprint density at radius 1 is 1.18 bits per heavy atom. The molecule has 5 heteroatoms. The number of fused-ring (bicyclic) bond motifs is 1. The first kappa shape index (κ1) is 14.0. The van der Waals surface area contributed by atoms with Crippen LogP contribution in [0.2, 0.25) is 0 Å². The Morgan fingerprint density at radius 3 is 2.73 bits per heavy atom. The van der Waals surface area contributed by atoms with E-state index < -0.39 is 0 Å². The predicted molar refractivity (Wildman–Crippen MR) is 86.2 cm³/mol. The standard InChI is InChI=1S/C17H15N3O2/c1-10-7-15(21)20-16-11(2)6-13(8-14(10)16)19-17(22)12-4-3-5-18-9-12/h3-9H,1-2H3,(H,19,22)(H,20,21). The average molecular weight is 293 g/mol. The number of aryl methyl sites for hydroxylation is 2. The maximum Gasteiger partial charge on any atom is 0.257 e. The summed E-state index contributed by atoms with van der Waals surface area (Å²) in [6.45, 7) is 3.78. The number of aromatic nitrogens is 2. The number of H-pyrrole nitrogens is 1. The fraction of sp³-hybridized carbons (Fsp3) is 0.118. The first-order valence-electron chi connectivity index (χ1n) is 6.90. The number of anilines is 1. The summed E-state index contributed by atoms with van der Waals surface area (Å²) in [6.07, 6.45) is 3.14. The quantitative estimate of drug-likeness (QED) is 0.763. The molecule has 0 aliphatic carbocycles. The molecule has 0 saturated carbocycles. The second-order valence-corrected chi connectivity index (χ2v) is 5.23. The van der Waals surface area contributed by atoms with Crippen molar-refractivity contribution in [2.45, 2.75) is 13.8 Å². The molecule has 1 aromatic carbocycles. The molecule has 3 rings (SSSR count).